The lowest BCUT2D eigenvalue weighted by Gasteiger charge is -2.19. The van der Waals surface area contributed by atoms with Gasteiger partial charge in [-0.05, 0) is 20.8 Å². The monoisotopic (exact) mass is 250 g/mol. The zero-order chi connectivity index (χ0) is 12.8. The van der Waals surface area contributed by atoms with Crippen molar-refractivity contribution < 1.29 is 24.5 Å². The van der Waals surface area contributed by atoms with Crippen molar-refractivity contribution in [3.05, 3.63) is 0 Å². The van der Waals surface area contributed by atoms with E-state index in [2.05, 4.69) is 0 Å². The minimum atomic E-state index is -1.05. The molecule has 1 atom stereocenters. The second-order valence-corrected chi connectivity index (χ2v) is 5.38. The molecule has 0 aliphatic carbocycles. The van der Waals surface area contributed by atoms with Crippen molar-refractivity contribution in [3.63, 3.8) is 0 Å². The average Bonchev–Trinajstić information content (AvgIpc) is 1.98. The molecule has 0 spiro atoms. The molecule has 0 aliphatic rings. The van der Waals surface area contributed by atoms with E-state index in [1.54, 1.807) is 20.8 Å². The zero-order valence-corrected chi connectivity index (χ0v) is 10.5. The van der Waals surface area contributed by atoms with E-state index in [4.69, 9.17) is 9.84 Å². The van der Waals surface area contributed by atoms with E-state index in [0.717, 1.165) is 11.8 Å². The smallest absolute Gasteiger partial charge is 0.316 e. The molecule has 0 radical (unpaired) electrons. The minimum absolute atomic E-state index is 0.119. The Morgan fingerprint density at radius 3 is 2.38 bits per heavy atom. The van der Waals surface area contributed by atoms with Crippen LogP contribution in [0, 0.1) is 0 Å². The number of hydrogen-bond donors (Lipinski definition) is 2. The maximum absolute atomic E-state index is 11.2. The van der Waals surface area contributed by atoms with Crippen LogP contribution in [0.3, 0.4) is 0 Å². The molecule has 0 rings (SSSR count). The van der Waals surface area contributed by atoms with Crippen LogP contribution in [-0.4, -0.2) is 45.4 Å². The summed E-state index contributed by atoms with van der Waals surface area (Å²) >= 11 is 1.16. The van der Waals surface area contributed by atoms with Gasteiger partial charge in [0.15, 0.2) is 0 Å². The molecule has 16 heavy (non-hydrogen) atoms. The van der Waals surface area contributed by atoms with Gasteiger partial charge in [0.05, 0.1) is 18.3 Å². The summed E-state index contributed by atoms with van der Waals surface area (Å²) in [6.07, 6.45) is -1.23. The Bertz CT molecular complexity index is 246. The fourth-order valence-corrected chi connectivity index (χ4v) is 1.64. The lowest BCUT2D eigenvalue weighted by molar-refractivity contribution is -0.151. The van der Waals surface area contributed by atoms with Crippen LogP contribution in [0.4, 0.5) is 0 Å². The summed E-state index contributed by atoms with van der Waals surface area (Å²) in [5.74, 6) is -1.08. The van der Waals surface area contributed by atoms with E-state index >= 15 is 0 Å². The van der Waals surface area contributed by atoms with Gasteiger partial charge in [-0.25, -0.2) is 0 Å². The predicted octanol–water partition coefficient (Wildman–Crippen LogP) is 0.897. The number of carboxylic acids is 1. The molecule has 0 bridgehead atoms. The first-order valence-electron chi connectivity index (χ1n) is 4.90. The maximum Gasteiger partial charge on any atom is 0.316 e. The number of ether oxygens (including phenoxy) is 1. The topological polar surface area (TPSA) is 83.8 Å². The number of esters is 1. The van der Waals surface area contributed by atoms with Crippen molar-refractivity contribution in [2.24, 2.45) is 0 Å². The van der Waals surface area contributed by atoms with Gasteiger partial charge >= 0.3 is 11.9 Å². The number of carbonyl (C=O) groups is 2. The van der Waals surface area contributed by atoms with Crippen LogP contribution in [0.25, 0.3) is 0 Å². The third-order valence-corrected chi connectivity index (χ3v) is 2.42. The minimum Gasteiger partial charge on any atom is -0.481 e. The number of aliphatic hydroxyl groups excluding tert-OH is 1. The zero-order valence-electron chi connectivity index (χ0n) is 9.73. The van der Waals surface area contributed by atoms with Gasteiger partial charge in [0.1, 0.15) is 5.60 Å². The van der Waals surface area contributed by atoms with Crippen molar-refractivity contribution in [1.82, 2.24) is 0 Å². The molecule has 0 saturated carbocycles. The molecule has 94 valence electrons. The van der Waals surface area contributed by atoms with Gasteiger partial charge in [-0.15, -0.1) is 11.8 Å². The number of aliphatic hydroxyl groups is 1. The van der Waals surface area contributed by atoms with Crippen molar-refractivity contribution in [2.45, 2.75) is 38.9 Å². The first kappa shape index (κ1) is 15.2. The van der Waals surface area contributed by atoms with Gasteiger partial charge in [-0.3, -0.25) is 9.59 Å². The molecular formula is C10H18O5S. The van der Waals surface area contributed by atoms with Crippen molar-refractivity contribution in [2.75, 3.05) is 11.5 Å². The molecule has 0 aromatic carbocycles. The number of rotatable bonds is 6. The Labute approximate surface area is 99.2 Å². The molecule has 5 nitrogen and oxygen atoms in total. The van der Waals surface area contributed by atoms with Gasteiger partial charge in [-0.2, -0.15) is 0 Å². The Morgan fingerprint density at radius 2 is 1.94 bits per heavy atom. The third-order valence-electron chi connectivity index (χ3n) is 1.36. The summed E-state index contributed by atoms with van der Waals surface area (Å²) < 4.78 is 5.04. The van der Waals surface area contributed by atoms with Crippen molar-refractivity contribution >= 4 is 23.7 Å². The molecule has 0 aromatic rings. The second-order valence-electron chi connectivity index (χ2n) is 4.35. The number of carboxylic acid groups (broad SMARTS) is 1. The molecule has 1 unspecified atom stereocenters. The third kappa shape index (κ3) is 9.79. The molecule has 0 amide bonds. The summed E-state index contributed by atoms with van der Waals surface area (Å²) in [5.41, 5.74) is -0.517. The van der Waals surface area contributed by atoms with Crippen LogP contribution in [0.5, 0.6) is 0 Å². The Morgan fingerprint density at radius 1 is 1.38 bits per heavy atom. The molecule has 0 fully saturated rings. The Hall–Kier alpha value is -0.750. The van der Waals surface area contributed by atoms with E-state index < -0.39 is 17.7 Å². The van der Waals surface area contributed by atoms with Crippen LogP contribution < -0.4 is 0 Å². The second kappa shape index (κ2) is 6.75. The number of thioether (sulfide) groups is 1. The largest absolute Gasteiger partial charge is 0.481 e. The first-order chi connectivity index (χ1) is 7.20. The highest BCUT2D eigenvalue weighted by atomic mass is 32.2. The molecule has 0 aliphatic heterocycles. The fourth-order valence-electron chi connectivity index (χ4n) is 0.910. The van der Waals surface area contributed by atoms with Gasteiger partial charge < -0.3 is 14.9 Å². The molecule has 2 N–H and O–H groups in total. The lowest BCUT2D eigenvalue weighted by Crippen LogP contribution is -2.25. The van der Waals surface area contributed by atoms with Crippen molar-refractivity contribution in [1.29, 1.82) is 0 Å². The van der Waals surface area contributed by atoms with Gasteiger partial charge in [0.2, 0.25) is 0 Å². The van der Waals surface area contributed by atoms with Crippen molar-refractivity contribution in [3.8, 4) is 0 Å². The average molecular weight is 250 g/mol. The lowest BCUT2D eigenvalue weighted by atomic mass is 10.2. The van der Waals surface area contributed by atoms with Gasteiger partial charge in [-0.1, -0.05) is 0 Å². The van der Waals surface area contributed by atoms with E-state index in [-0.39, 0.29) is 23.9 Å². The highest BCUT2D eigenvalue weighted by molar-refractivity contribution is 7.99. The quantitative estimate of drug-likeness (QED) is 0.681. The van der Waals surface area contributed by atoms with Crippen LogP contribution >= 0.6 is 11.8 Å². The van der Waals surface area contributed by atoms with Gasteiger partial charge in [0, 0.05) is 5.75 Å². The van der Waals surface area contributed by atoms with E-state index in [0.29, 0.717) is 0 Å². The Kier molecular flexibility index (Phi) is 6.43. The first-order valence-corrected chi connectivity index (χ1v) is 6.05. The van der Waals surface area contributed by atoms with E-state index in [9.17, 15) is 14.7 Å². The molecule has 6 heteroatoms. The SMILES string of the molecule is CC(C)(C)OC(=O)CSCC(O)CC(=O)O. The number of hydrogen-bond acceptors (Lipinski definition) is 5. The number of aliphatic carboxylic acids is 1. The summed E-state index contributed by atoms with van der Waals surface area (Å²) in [7, 11) is 0. The summed E-state index contributed by atoms with van der Waals surface area (Å²) in [4.78, 5) is 21.5. The predicted molar refractivity (Wildman–Crippen MR) is 61.4 cm³/mol. The summed E-state index contributed by atoms with van der Waals surface area (Å²) in [6.45, 7) is 5.32. The van der Waals surface area contributed by atoms with Crippen LogP contribution in [0.15, 0.2) is 0 Å². The van der Waals surface area contributed by atoms with Gasteiger partial charge in [0.25, 0.3) is 0 Å². The molecular weight excluding hydrogens is 232 g/mol. The highest BCUT2D eigenvalue weighted by Crippen LogP contribution is 2.11. The number of carbonyl (C=O) groups excluding carboxylic acids is 1. The van der Waals surface area contributed by atoms with E-state index in [1.807, 2.05) is 0 Å². The maximum atomic E-state index is 11.2. The molecule has 0 heterocycles. The normalized spacial score (nSPS) is 13.2. The Balaban J connectivity index is 3.66. The van der Waals surface area contributed by atoms with Crippen LogP contribution in [-0.2, 0) is 14.3 Å². The summed E-state index contributed by atoms with van der Waals surface area (Å²) in [6, 6.07) is 0. The standard InChI is InChI=1S/C10H18O5S/c1-10(2,3)15-9(14)6-16-5-7(11)4-8(12)13/h7,11H,4-6H2,1-3H3,(H,12,13). The molecule has 0 aromatic heterocycles. The van der Waals surface area contributed by atoms with Crippen LogP contribution in [0.2, 0.25) is 0 Å². The highest BCUT2D eigenvalue weighted by Gasteiger charge is 2.17. The van der Waals surface area contributed by atoms with Crippen LogP contribution in [0.1, 0.15) is 27.2 Å². The summed E-state index contributed by atoms with van der Waals surface area (Å²) in [5, 5.41) is 17.6. The fraction of sp³-hybridized carbons (Fsp3) is 0.800. The molecule has 0 saturated heterocycles. The van der Waals surface area contributed by atoms with E-state index in [1.165, 1.54) is 0 Å².